The first-order chi connectivity index (χ1) is 6.16. The lowest BCUT2D eigenvalue weighted by molar-refractivity contribution is -0.119. The minimum Gasteiger partial charge on any atom is -0.394 e. The van der Waals surface area contributed by atoms with E-state index >= 15 is 0 Å². The van der Waals surface area contributed by atoms with Crippen LogP contribution < -0.4 is 5.32 Å². The van der Waals surface area contributed by atoms with E-state index in [4.69, 9.17) is 10.2 Å². The number of carbonyl (C=O) groups excluding carboxylic acids is 1. The fourth-order valence-corrected chi connectivity index (χ4v) is 0.326. The normalized spacial score (nSPS) is 9.77. The van der Waals surface area contributed by atoms with Crippen molar-refractivity contribution in [2.45, 2.75) is 40.7 Å². The van der Waals surface area contributed by atoms with E-state index in [1.807, 2.05) is 27.7 Å². The highest BCUT2D eigenvalue weighted by Crippen LogP contribution is 1.75. The van der Waals surface area contributed by atoms with Crippen molar-refractivity contribution in [3.05, 3.63) is 0 Å². The lowest BCUT2D eigenvalue weighted by Gasteiger charge is -2.05. The van der Waals surface area contributed by atoms with E-state index in [-0.39, 0.29) is 19.1 Å². The van der Waals surface area contributed by atoms with Crippen molar-refractivity contribution in [1.29, 1.82) is 0 Å². The molecular formula is C9H23NO3. The van der Waals surface area contributed by atoms with Crippen LogP contribution in [-0.4, -0.2) is 35.4 Å². The van der Waals surface area contributed by atoms with Crippen LogP contribution in [0.1, 0.15) is 34.6 Å². The molecule has 4 heteroatoms. The highest BCUT2D eigenvalue weighted by atomic mass is 16.3. The first-order valence-corrected chi connectivity index (χ1v) is 4.70. The molecule has 0 aromatic carbocycles. The van der Waals surface area contributed by atoms with E-state index in [9.17, 15) is 4.79 Å². The van der Waals surface area contributed by atoms with Gasteiger partial charge >= 0.3 is 0 Å². The first-order valence-electron chi connectivity index (χ1n) is 4.70. The van der Waals surface area contributed by atoms with Gasteiger partial charge in [-0.15, -0.1) is 0 Å². The quantitative estimate of drug-likeness (QED) is 0.612. The van der Waals surface area contributed by atoms with Crippen molar-refractivity contribution in [3.63, 3.8) is 0 Å². The summed E-state index contributed by atoms with van der Waals surface area (Å²) in [6.45, 7) is 9.15. The Morgan fingerprint density at radius 1 is 1.31 bits per heavy atom. The number of hydrogen-bond donors (Lipinski definition) is 3. The summed E-state index contributed by atoms with van der Waals surface area (Å²) in [5.74, 6) is -0.206. The summed E-state index contributed by atoms with van der Waals surface area (Å²) in [5, 5.41) is 19.2. The Bertz CT molecular complexity index is 96.9. The maximum atomic E-state index is 10.2. The van der Waals surface area contributed by atoms with Gasteiger partial charge in [-0.25, -0.2) is 0 Å². The number of aliphatic hydroxyl groups is 2. The minimum absolute atomic E-state index is 0.117. The lowest BCUT2D eigenvalue weighted by Crippen LogP contribution is -2.32. The van der Waals surface area contributed by atoms with Crippen LogP contribution in [0.15, 0.2) is 0 Å². The lowest BCUT2D eigenvalue weighted by atomic mass is 10.4. The Hall–Kier alpha value is -0.610. The standard InChI is InChI=1S/C5H11NO3.2C2H6/c1-4(8)6-2-5(9)3-7;2*1-2/h5,7,9H,2-3H2,1H3,(H,6,8);2*1-2H3/t5-;;/m1../s1. The fourth-order valence-electron chi connectivity index (χ4n) is 0.326. The zero-order valence-corrected chi connectivity index (χ0v) is 9.29. The van der Waals surface area contributed by atoms with Crippen LogP contribution in [0.25, 0.3) is 0 Å². The molecule has 0 spiro atoms. The van der Waals surface area contributed by atoms with Gasteiger partial charge in [0, 0.05) is 13.5 Å². The topological polar surface area (TPSA) is 69.6 Å². The van der Waals surface area contributed by atoms with Crippen molar-refractivity contribution < 1.29 is 15.0 Å². The van der Waals surface area contributed by atoms with E-state index in [1.54, 1.807) is 0 Å². The van der Waals surface area contributed by atoms with E-state index < -0.39 is 6.10 Å². The monoisotopic (exact) mass is 193 g/mol. The van der Waals surface area contributed by atoms with Gasteiger partial charge in [-0.05, 0) is 0 Å². The Morgan fingerprint density at radius 2 is 1.69 bits per heavy atom. The van der Waals surface area contributed by atoms with Gasteiger partial charge in [0.05, 0.1) is 12.7 Å². The Kier molecular flexibility index (Phi) is 24.5. The molecule has 82 valence electrons. The first kappa shape index (κ1) is 18.2. The Morgan fingerprint density at radius 3 is 1.92 bits per heavy atom. The van der Waals surface area contributed by atoms with Gasteiger partial charge in [-0.1, -0.05) is 27.7 Å². The maximum absolute atomic E-state index is 10.2. The molecule has 0 heterocycles. The smallest absolute Gasteiger partial charge is 0.216 e. The molecule has 0 unspecified atom stereocenters. The van der Waals surface area contributed by atoms with Crippen molar-refractivity contribution >= 4 is 5.91 Å². The largest absolute Gasteiger partial charge is 0.394 e. The molecule has 0 aliphatic carbocycles. The molecule has 1 atom stereocenters. The van der Waals surface area contributed by atoms with Crippen molar-refractivity contribution in [2.75, 3.05) is 13.2 Å². The van der Waals surface area contributed by atoms with Gasteiger partial charge in [0.1, 0.15) is 0 Å². The highest BCUT2D eigenvalue weighted by molar-refractivity contribution is 5.72. The molecule has 4 nitrogen and oxygen atoms in total. The summed E-state index contributed by atoms with van der Waals surface area (Å²) in [6.07, 6.45) is -0.839. The van der Waals surface area contributed by atoms with Crippen molar-refractivity contribution in [3.8, 4) is 0 Å². The predicted octanol–water partition coefficient (Wildman–Crippen LogP) is 0.528. The molecule has 0 aliphatic rings. The number of aliphatic hydroxyl groups excluding tert-OH is 2. The molecule has 0 aromatic rings. The zero-order chi connectivity index (χ0) is 11.3. The van der Waals surface area contributed by atoms with Crippen LogP contribution in [-0.2, 0) is 4.79 Å². The van der Waals surface area contributed by atoms with Gasteiger partial charge < -0.3 is 15.5 Å². The van der Waals surface area contributed by atoms with Crippen LogP contribution in [0.5, 0.6) is 0 Å². The molecule has 0 aromatic heterocycles. The second-order valence-electron chi connectivity index (χ2n) is 1.77. The molecule has 13 heavy (non-hydrogen) atoms. The van der Waals surface area contributed by atoms with Crippen molar-refractivity contribution in [1.82, 2.24) is 5.32 Å². The molecule has 0 radical (unpaired) electrons. The van der Waals surface area contributed by atoms with Gasteiger partial charge in [0.2, 0.25) is 5.91 Å². The molecule has 0 bridgehead atoms. The van der Waals surface area contributed by atoms with E-state index in [1.165, 1.54) is 6.92 Å². The second-order valence-corrected chi connectivity index (χ2v) is 1.77. The summed E-state index contributed by atoms with van der Waals surface area (Å²) in [6, 6.07) is 0. The van der Waals surface area contributed by atoms with Gasteiger partial charge in [0.15, 0.2) is 0 Å². The Balaban J connectivity index is -0.000000218. The second kappa shape index (κ2) is 17.5. The molecule has 0 saturated heterocycles. The van der Waals surface area contributed by atoms with Crippen LogP contribution >= 0.6 is 0 Å². The summed E-state index contributed by atoms with van der Waals surface area (Å²) in [5.41, 5.74) is 0. The third kappa shape index (κ3) is 24.6. The SMILES string of the molecule is CC.CC.CC(=O)NC[C@@H](O)CO. The van der Waals surface area contributed by atoms with Crippen molar-refractivity contribution in [2.24, 2.45) is 0 Å². The van der Waals surface area contributed by atoms with E-state index in [0.29, 0.717) is 0 Å². The minimum atomic E-state index is -0.839. The molecule has 0 saturated carbocycles. The molecular weight excluding hydrogens is 170 g/mol. The molecule has 0 rings (SSSR count). The number of nitrogens with one attached hydrogen (secondary N) is 1. The van der Waals surface area contributed by atoms with Crippen LogP contribution in [0.2, 0.25) is 0 Å². The molecule has 0 aliphatic heterocycles. The van der Waals surface area contributed by atoms with Gasteiger partial charge in [0.25, 0.3) is 0 Å². The summed E-state index contributed by atoms with van der Waals surface area (Å²) < 4.78 is 0. The summed E-state index contributed by atoms with van der Waals surface area (Å²) in [4.78, 5) is 10.2. The third-order valence-corrected chi connectivity index (χ3v) is 0.797. The maximum Gasteiger partial charge on any atom is 0.216 e. The molecule has 0 fully saturated rings. The van der Waals surface area contributed by atoms with E-state index in [0.717, 1.165) is 0 Å². The number of hydrogen-bond acceptors (Lipinski definition) is 3. The predicted molar refractivity (Wildman–Crippen MR) is 54.5 cm³/mol. The van der Waals surface area contributed by atoms with Crippen LogP contribution in [0.4, 0.5) is 0 Å². The molecule has 1 amide bonds. The van der Waals surface area contributed by atoms with Gasteiger partial charge in [-0.2, -0.15) is 0 Å². The highest BCUT2D eigenvalue weighted by Gasteiger charge is 2.00. The van der Waals surface area contributed by atoms with Crippen LogP contribution in [0, 0.1) is 0 Å². The molecule has 3 N–H and O–H groups in total. The fraction of sp³-hybridized carbons (Fsp3) is 0.889. The number of carbonyl (C=O) groups is 1. The average Bonchev–Trinajstić information content (AvgIpc) is 2.20. The zero-order valence-electron chi connectivity index (χ0n) is 9.29. The third-order valence-electron chi connectivity index (χ3n) is 0.797. The van der Waals surface area contributed by atoms with Crippen LogP contribution in [0.3, 0.4) is 0 Å². The Labute approximate surface area is 81.0 Å². The number of rotatable bonds is 3. The summed E-state index contributed by atoms with van der Waals surface area (Å²) >= 11 is 0. The summed E-state index contributed by atoms with van der Waals surface area (Å²) in [7, 11) is 0. The van der Waals surface area contributed by atoms with E-state index in [2.05, 4.69) is 5.32 Å². The number of amides is 1. The average molecular weight is 193 g/mol. The van der Waals surface area contributed by atoms with Gasteiger partial charge in [-0.3, -0.25) is 4.79 Å².